The van der Waals surface area contributed by atoms with Gasteiger partial charge in [-0.3, -0.25) is 9.97 Å². The molecule has 0 atom stereocenters. The fraction of sp³-hybridized carbons (Fsp3) is 0. The first kappa shape index (κ1) is 32.3. The topological polar surface area (TPSA) is 77.3 Å². The molecule has 268 valence electrons. The van der Waals surface area contributed by atoms with Gasteiger partial charge in [0, 0.05) is 55.8 Å². The predicted molar refractivity (Wildman–Crippen MR) is 237 cm³/mol. The molecule has 6 heterocycles. The zero-order valence-corrected chi connectivity index (χ0v) is 31.0. The van der Waals surface area contributed by atoms with E-state index in [0.717, 1.165) is 121 Å². The van der Waals surface area contributed by atoms with E-state index in [1.807, 2.05) is 36.7 Å². The van der Waals surface area contributed by atoms with E-state index in [1.54, 1.807) is 0 Å². The minimum absolute atomic E-state index is 0.820. The summed E-state index contributed by atoms with van der Waals surface area (Å²) in [6.45, 7) is 0. The molecule has 0 unspecified atom stereocenters. The highest BCUT2D eigenvalue weighted by Gasteiger charge is 2.14. The molecule has 0 radical (unpaired) electrons. The van der Waals surface area contributed by atoms with Crippen molar-refractivity contribution in [3.63, 3.8) is 0 Å². The summed E-state index contributed by atoms with van der Waals surface area (Å²) in [4.78, 5) is 29.9. The van der Waals surface area contributed by atoms with E-state index in [4.69, 9.17) is 19.9 Å². The second-order valence-electron chi connectivity index (χ2n) is 14.7. The zero-order chi connectivity index (χ0) is 38.2. The first-order chi connectivity index (χ1) is 28.7. The molecule has 0 amide bonds. The second-order valence-corrected chi connectivity index (χ2v) is 14.7. The van der Waals surface area contributed by atoms with E-state index in [2.05, 4.69) is 156 Å². The molecule has 6 aromatic heterocycles. The van der Waals surface area contributed by atoms with Crippen molar-refractivity contribution in [1.29, 1.82) is 0 Å². The highest BCUT2D eigenvalue weighted by Crippen LogP contribution is 2.37. The van der Waals surface area contributed by atoms with E-state index in [-0.39, 0.29) is 0 Å². The summed E-state index contributed by atoms with van der Waals surface area (Å²) >= 11 is 0. The van der Waals surface area contributed by atoms with E-state index < -0.39 is 0 Å². The SMILES string of the molecule is c1cnc2c(c1)ccc1ccc(-c3ccc4ccc(-c5ccc6ccc(-c7ccc(-c8ccc9ccc%10cccnc%10c9n8)c8ccccc78)nc6c5)cc4n3)nc12. The van der Waals surface area contributed by atoms with Crippen molar-refractivity contribution >= 4 is 76.2 Å². The molecule has 0 spiro atoms. The first-order valence-electron chi connectivity index (χ1n) is 19.3. The van der Waals surface area contributed by atoms with E-state index in [9.17, 15) is 0 Å². The van der Waals surface area contributed by atoms with Crippen LogP contribution in [-0.2, 0) is 0 Å². The summed E-state index contributed by atoms with van der Waals surface area (Å²) < 4.78 is 0. The van der Waals surface area contributed by atoms with Gasteiger partial charge in [-0.2, -0.15) is 0 Å². The van der Waals surface area contributed by atoms with Gasteiger partial charge in [-0.1, -0.05) is 121 Å². The van der Waals surface area contributed by atoms with Crippen LogP contribution in [0.5, 0.6) is 0 Å². The lowest BCUT2D eigenvalue weighted by atomic mass is 9.95. The molecule has 0 fully saturated rings. The van der Waals surface area contributed by atoms with Gasteiger partial charge in [-0.05, 0) is 70.4 Å². The van der Waals surface area contributed by atoms with Gasteiger partial charge >= 0.3 is 0 Å². The Labute approximate surface area is 332 Å². The van der Waals surface area contributed by atoms with Crippen LogP contribution in [0.3, 0.4) is 0 Å². The number of hydrogen-bond acceptors (Lipinski definition) is 6. The van der Waals surface area contributed by atoms with Crippen LogP contribution in [-0.4, -0.2) is 29.9 Å². The summed E-state index contributed by atoms with van der Waals surface area (Å²) in [6.07, 6.45) is 3.65. The highest BCUT2D eigenvalue weighted by molar-refractivity contribution is 6.07. The molecule has 0 aliphatic carbocycles. The smallest absolute Gasteiger partial charge is 0.0972 e. The molecule has 58 heavy (non-hydrogen) atoms. The number of hydrogen-bond donors (Lipinski definition) is 0. The average Bonchev–Trinajstić information content (AvgIpc) is 3.30. The Morgan fingerprint density at radius 1 is 0.276 bits per heavy atom. The maximum atomic E-state index is 5.27. The van der Waals surface area contributed by atoms with Gasteiger partial charge in [0.2, 0.25) is 0 Å². The van der Waals surface area contributed by atoms with Gasteiger partial charge in [-0.15, -0.1) is 0 Å². The number of pyridine rings is 6. The lowest BCUT2D eigenvalue weighted by molar-refractivity contribution is 1.31. The largest absolute Gasteiger partial charge is 0.254 e. The van der Waals surface area contributed by atoms with E-state index in [0.29, 0.717) is 0 Å². The number of benzene rings is 6. The Hall–Kier alpha value is -7.96. The van der Waals surface area contributed by atoms with Gasteiger partial charge in [0.05, 0.1) is 55.9 Å². The van der Waals surface area contributed by atoms with Crippen LogP contribution in [0.1, 0.15) is 0 Å². The van der Waals surface area contributed by atoms with Crippen LogP contribution >= 0.6 is 0 Å². The van der Waals surface area contributed by atoms with Crippen LogP contribution in [0.25, 0.3) is 121 Å². The second kappa shape index (κ2) is 12.8. The van der Waals surface area contributed by atoms with Crippen molar-refractivity contribution in [2.24, 2.45) is 0 Å². The lowest BCUT2D eigenvalue weighted by Gasteiger charge is -2.13. The molecule has 0 aliphatic rings. The number of fused-ring (bicyclic) bond motifs is 9. The predicted octanol–water partition coefficient (Wildman–Crippen LogP) is 12.8. The number of nitrogens with zero attached hydrogens (tertiary/aromatic N) is 6. The maximum Gasteiger partial charge on any atom is 0.0972 e. The van der Waals surface area contributed by atoms with Crippen molar-refractivity contribution in [1.82, 2.24) is 29.9 Å². The maximum absolute atomic E-state index is 5.27. The first-order valence-corrected chi connectivity index (χ1v) is 19.3. The van der Waals surface area contributed by atoms with Crippen molar-refractivity contribution < 1.29 is 0 Å². The molecule has 0 saturated carbocycles. The molecule has 0 N–H and O–H groups in total. The standard InChI is InChI=1S/C52H30N6/c1-2-8-40-39(7-1)41(21-22-42(40)44-24-19-35-13-11-33-5-3-27-53-49(33)51(35)57-44)43-23-17-31-9-15-37(29-47(31)55-43)38-16-10-32-18-25-45(56-48(32)30-38)46-26-20-36-14-12-34-6-4-28-54-50(34)52(36)58-46/h1-30H. The van der Waals surface area contributed by atoms with Crippen LogP contribution in [0, 0.1) is 0 Å². The molecule has 0 bridgehead atoms. The van der Waals surface area contributed by atoms with Gasteiger partial charge < -0.3 is 0 Å². The summed E-state index contributed by atoms with van der Waals surface area (Å²) in [7, 11) is 0. The number of aromatic nitrogens is 6. The molecule has 6 heteroatoms. The molecular formula is C52H30N6. The van der Waals surface area contributed by atoms with Crippen LogP contribution < -0.4 is 0 Å². The van der Waals surface area contributed by atoms with Crippen molar-refractivity contribution in [2.75, 3.05) is 0 Å². The van der Waals surface area contributed by atoms with Crippen molar-refractivity contribution in [3.05, 3.63) is 182 Å². The quantitative estimate of drug-likeness (QED) is 0.167. The third kappa shape index (κ3) is 5.27. The van der Waals surface area contributed by atoms with Crippen molar-refractivity contribution in [3.8, 4) is 45.0 Å². The minimum atomic E-state index is 0.820. The van der Waals surface area contributed by atoms with Gasteiger partial charge in [-0.25, -0.2) is 19.9 Å². The number of rotatable bonds is 4. The molecule has 12 rings (SSSR count). The highest BCUT2D eigenvalue weighted by atomic mass is 14.8. The minimum Gasteiger partial charge on any atom is -0.254 e. The molecule has 6 aromatic carbocycles. The fourth-order valence-electron chi connectivity index (χ4n) is 8.37. The lowest BCUT2D eigenvalue weighted by Crippen LogP contribution is -1.92. The Balaban J connectivity index is 0.916. The molecular weight excluding hydrogens is 709 g/mol. The molecule has 6 nitrogen and oxygen atoms in total. The Bertz CT molecular complexity index is 3650. The van der Waals surface area contributed by atoms with Crippen LogP contribution in [0.2, 0.25) is 0 Å². The van der Waals surface area contributed by atoms with Crippen LogP contribution in [0.4, 0.5) is 0 Å². The molecule has 12 aromatic rings. The Morgan fingerprint density at radius 3 is 1.22 bits per heavy atom. The summed E-state index contributed by atoms with van der Waals surface area (Å²) in [6, 6.07) is 59.2. The normalized spacial score (nSPS) is 11.8. The summed E-state index contributed by atoms with van der Waals surface area (Å²) in [5, 5.41) is 8.69. The Morgan fingerprint density at radius 2 is 0.672 bits per heavy atom. The van der Waals surface area contributed by atoms with Gasteiger partial charge in [0.25, 0.3) is 0 Å². The Kier molecular flexibility index (Phi) is 7.13. The zero-order valence-electron chi connectivity index (χ0n) is 31.0. The van der Waals surface area contributed by atoms with E-state index in [1.165, 1.54) is 0 Å². The van der Waals surface area contributed by atoms with Crippen LogP contribution in [0.15, 0.2) is 182 Å². The van der Waals surface area contributed by atoms with Crippen molar-refractivity contribution in [2.45, 2.75) is 0 Å². The fourth-order valence-corrected chi connectivity index (χ4v) is 8.37. The monoisotopic (exact) mass is 738 g/mol. The summed E-state index contributed by atoms with van der Waals surface area (Å²) in [5.41, 5.74) is 13.2. The van der Waals surface area contributed by atoms with Gasteiger partial charge in [0.1, 0.15) is 0 Å². The molecule has 0 saturated heterocycles. The third-order valence-electron chi connectivity index (χ3n) is 11.3. The van der Waals surface area contributed by atoms with Gasteiger partial charge in [0.15, 0.2) is 0 Å². The average molecular weight is 739 g/mol. The molecule has 0 aliphatic heterocycles. The summed E-state index contributed by atoms with van der Waals surface area (Å²) in [5.74, 6) is 0. The third-order valence-corrected chi connectivity index (χ3v) is 11.3. The van der Waals surface area contributed by atoms with E-state index >= 15 is 0 Å².